The Morgan fingerprint density at radius 2 is 2.04 bits per heavy atom. The highest BCUT2D eigenvalue weighted by Gasteiger charge is 2.14. The summed E-state index contributed by atoms with van der Waals surface area (Å²) in [6, 6.07) is 9.93. The molecule has 2 N–H and O–H groups in total. The lowest BCUT2D eigenvalue weighted by atomic mass is 10.2. The van der Waals surface area contributed by atoms with Gasteiger partial charge in [0.15, 0.2) is 5.82 Å². The Bertz CT molecular complexity index is 634. The summed E-state index contributed by atoms with van der Waals surface area (Å²) in [6.45, 7) is 2.83. The molecule has 2 aromatic rings. The maximum absolute atomic E-state index is 11.9. The third-order valence-corrected chi connectivity index (χ3v) is 6.12. The normalized spacial score (nSPS) is 10.6. The van der Waals surface area contributed by atoms with Crippen molar-refractivity contribution in [2.45, 2.75) is 42.6 Å². The first kappa shape index (κ1) is 19.1. The fourth-order valence-corrected chi connectivity index (χ4v) is 4.17. The molecule has 0 bridgehead atoms. The summed E-state index contributed by atoms with van der Waals surface area (Å²) in [5, 5.41) is 6.07. The maximum Gasteiger partial charge on any atom is 0.320 e. The molecule has 0 aliphatic heterocycles. The molecule has 0 aliphatic rings. The van der Waals surface area contributed by atoms with E-state index in [2.05, 4.69) is 34.1 Å². The average molecular weight is 384 g/mol. The first-order valence-electron chi connectivity index (χ1n) is 8.07. The third-order valence-electron chi connectivity index (χ3n) is 3.37. The molecule has 1 heterocycles. The summed E-state index contributed by atoms with van der Waals surface area (Å²) < 4.78 is 5.16. The Hall–Kier alpha value is -1.24. The van der Waals surface area contributed by atoms with Gasteiger partial charge in [0.2, 0.25) is 0 Å². The van der Waals surface area contributed by atoms with Crippen LogP contribution in [-0.4, -0.2) is 16.9 Å². The number of halogens is 1. The predicted molar refractivity (Wildman–Crippen MR) is 104 cm³/mol. The monoisotopic (exact) mass is 383 g/mol. The molecule has 24 heavy (non-hydrogen) atoms. The number of carbonyl (C=O) groups excluding carboxylic acids is 1. The second-order valence-electron chi connectivity index (χ2n) is 5.35. The van der Waals surface area contributed by atoms with Gasteiger partial charge in [-0.3, -0.25) is 5.32 Å². The molecule has 1 aromatic carbocycles. The van der Waals surface area contributed by atoms with Crippen molar-refractivity contribution in [2.75, 3.05) is 11.9 Å². The van der Waals surface area contributed by atoms with Crippen LogP contribution in [0.3, 0.4) is 0 Å². The van der Waals surface area contributed by atoms with Crippen LogP contribution in [0.1, 0.15) is 38.2 Å². The van der Waals surface area contributed by atoms with Crippen molar-refractivity contribution < 1.29 is 4.79 Å². The largest absolute Gasteiger partial charge is 0.338 e. The van der Waals surface area contributed by atoms with Crippen molar-refractivity contribution in [3.8, 4) is 0 Å². The second-order valence-corrected chi connectivity index (χ2v) is 7.74. The zero-order valence-electron chi connectivity index (χ0n) is 13.7. The summed E-state index contributed by atoms with van der Waals surface area (Å²) in [5.74, 6) is 1.26. The molecule has 0 spiro atoms. The molecule has 0 aliphatic carbocycles. The highest BCUT2D eigenvalue weighted by Crippen LogP contribution is 2.38. The lowest BCUT2D eigenvalue weighted by molar-refractivity contribution is 0.252. The molecule has 0 saturated carbocycles. The van der Waals surface area contributed by atoms with Gasteiger partial charge in [0.05, 0.1) is 0 Å². The smallest absolute Gasteiger partial charge is 0.320 e. The highest BCUT2D eigenvalue weighted by molar-refractivity contribution is 8.00. The van der Waals surface area contributed by atoms with E-state index in [1.807, 2.05) is 18.2 Å². The first-order valence-corrected chi connectivity index (χ1v) is 10.2. The number of amides is 2. The Labute approximate surface area is 156 Å². The number of benzene rings is 1. The van der Waals surface area contributed by atoms with Gasteiger partial charge in [-0.1, -0.05) is 68.1 Å². The fourth-order valence-electron chi connectivity index (χ4n) is 2.06. The summed E-state index contributed by atoms with van der Waals surface area (Å²) in [7, 11) is 0. The minimum absolute atomic E-state index is 0.252. The summed E-state index contributed by atoms with van der Waals surface area (Å²) in [6.07, 6.45) is 4.51. The average Bonchev–Trinajstić information content (AvgIpc) is 2.94. The molecule has 0 radical (unpaired) electrons. The van der Waals surface area contributed by atoms with Crippen LogP contribution in [0.5, 0.6) is 0 Å². The van der Waals surface area contributed by atoms with Gasteiger partial charge >= 0.3 is 6.03 Å². The standard InChI is InChI=1S/C17H22ClN3OS2/c1-2-3-4-8-11-19-17(22)20-15-14(18)16(24-21-15)23-12-13-9-6-5-7-10-13/h5-7,9-10H,2-4,8,11-12H2,1H3,(H2,19,20,21,22). The van der Waals surface area contributed by atoms with Crippen LogP contribution in [-0.2, 0) is 5.75 Å². The van der Waals surface area contributed by atoms with E-state index in [0.717, 1.165) is 22.8 Å². The number of anilines is 1. The molecule has 1 aromatic heterocycles. The van der Waals surface area contributed by atoms with E-state index in [-0.39, 0.29) is 6.03 Å². The molecular weight excluding hydrogens is 362 g/mol. The Morgan fingerprint density at radius 3 is 2.79 bits per heavy atom. The molecule has 0 saturated heterocycles. The van der Waals surface area contributed by atoms with Crippen molar-refractivity contribution >= 4 is 46.7 Å². The SMILES string of the molecule is CCCCCCNC(=O)Nc1nsc(SCc2ccccc2)c1Cl. The van der Waals surface area contributed by atoms with Crippen LogP contribution >= 0.6 is 34.9 Å². The molecule has 2 amide bonds. The lowest BCUT2D eigenvalue weighted by Gasteiger charge is -2.05. The molecule has 0 fully saturated rings. The van der Waals surface area contributed by atoms with Crippen LogP contribution in [0, 0.1) is 0 Å². The highest BCUT2D eigenvalue weighted by atomic mass is 35.5. The Kier molecular flexibility index (Phi) is 8.42. The number of nitrogens with zero attached hydrogens (tertiary/aromatic N) is 1. The second kappa shape index (κ2) is 10.6. The number of aromatic nitrogens is 1. The van der Waals surface area contributed by atoms with Crippen LogP contribution in [0.15, 0.2) is 34.5 Å². The van der Waals surface area contributed by atoms with Crippen LogP contribution in [0.2, 0.25) is 5.02 Å². The van der Waals surface area contributed by atoms with E-state index >= 15 is 0 Å². The van der Waals surface area contributed by atoms with Gasteiger partial charge in [0.25, 0.3) is 0 Å². The molecule has 2 rings (SSSR count). The molecule has 130 valence electrons. The molecule has 4 nitrogen and oxygen atoms in total. The number of urea groups is 1. The Morgan fingerprint density at radius 1 is 1.25 bits per heavy atom. The quantitative estimate of drug-likeness (QED) is 0.425. The minimum Gasteiger partial charge on any atom is -0.338 e. The van der Waals surface area contributed by atoms with E-state index in [4.69, 9.17) is 11.6 Å². The minimum atomic E-state index is -0.252. The Balaban J connectivity index is 1.78. The van der Waals surface area contributed by atoms with Gasteiger partial charge < -0.3 is 5.32 Å². The zero-order chi connectivity index (χ0) is 17.2. The van der Waals surface area contributed by atoms with E-state index < -0.39 is 0 Å². The van der Waals surface area contributed by atoms with Crippen LogP contribution in [0.25, 0.3) is 0 Å². The predicted octanol–water partition coefficient (Wildman–Crippen LogP) is 5.79. The van der Waals surface area contributed by atoms with Crippen molar-refractivity contribution in [1.82, 2.24) is 9.69 Å². The molecular formula is C17H22ClN3OS2. The van der Waals surface area contributed by atoms with Gasteiger partial charge in [-0.15, -0.1) is 11.8 Å². The van der Waals surface area contributed by atoms with E-state index in [1.165, 1.54) is 29.9 Å². The van der Waals surface area contributed by atoms with E-state index in [0.29, 0.717) is 17.4 Å². The van der Waals surface area contributed by atoms with Gasteiger partial charge in [-0.2, -0.15) is 4.37 Å². The first-order chi connectivity index (χ1) is 11.7. The number of unbranched alkanes of at least 4 members (excludes halogenated alkanes) is 3. The van der Waals surface area contributed by atoms with Crippen molar-refractivity contribution in [1.29, 1.82) is 0 Å². The molecule has 7 heteroatoms. The third kappa shape index (κ3) is 6.34. The maximum atomic E-state index is 11.9. The summed E-state index contributed by atoms with van der Waals surface area (Å²) >= 11 is 9.26. The van der Waals surface area contributed by atoms with Crippen molar-refractivity contribution in [2.24, 2.45) is 0 Å². The van der Waals surface area contributed by atoms with Gasteiger partial charge in [-0.25, -0.2) is 4.79 Å². The number of nitrogens with one attached hydrogen (secondary N) is 2. The lowest BCUT2D eigenvalue weighted by Crippen LogP contribution is -2.29. The van der Waals surface area contributed by atoms with Crippen molar-refractivity contribution in [3.05, 3.63) is 40.9 Å². The molecule has 0 unspecified atom stereocenters. The van der Waals surface area contributed by atoms with Gasteiger partial charge in [0, 0.05) is 12.3 Å². The van der Waals surface area contributed by atoms with E-state index in [1.54, 1.807) is 11.8 Å². The molecule has 0 atom stereocenters. The van der Waals surface area contributed by atoms with Crippen LogP contribution < -0.4 is 10.6 Å². The number of hydrogen-bond donors (Lipinski definition) is 2. The summed E-state index contributed by atoms with van der Waals surface area (Å²) in [5.41, 5.74) is 1.23. The van der Waals surface area contributed by atoms with E-state index in [9.17, 15) is 4.79 Å². The summed E-state index contributed by atoms with van der Waals surface area (Å²) in [4.78, 5) is 11.9. The zero-order valence-corrected chi connectivity index (χ0v) is 16.1. The number of carbonyl (C=O) groups is 1. The van der Waals surface area contributed by atoms with Gasteiger partial charge in [-0.05, 0) is 23.5 Å². The number of hydrogen-bond acceptors (Lipinski definition) is 4. The number of thioether (sulfide) groups is 1. The topological polar surface area (TPSA) is 54.0 Å². The van der Waals surface area contributed by atoms with Crippen molar-refractivity contribution in [3.63, 3.8) is 0 Å². The van der Waals surface area contributed by atoms with Gasteiger partial charge in [0.1, 0.15) is 9.23 Å². The number of rotatable bonds is 9. The van der Waals surface area contributed by atoms with Crippen LogP contribution in [0.4, 0.5) is 10.6 Å². The fraction of sp³-hybridized carbons (Fsp3) is 0.412.